The van der Waals surface area contributed by atoms with Crippen molar-refractivity contribution in [2.75, 3.05) is 18.8 Å². The van der Waals surface area contributed by atoms with Crippen LogP contribution in [0.2, 0.25) is 0 Å². The lowest BCUT2D eigenvalue weighted by molar-refractivity contribution is -0.133. The molecule has 6 heteroatoms. The molecule has 1 aliphatic heterocycles. The van der Waals surface area contributed by atoms with Crippen LogP contribution in [0.15, 0.2) is 28.7 Å². The molecule has 0 atom stereocenters. The summed E-state index contributed by atoms with van der Waals surface area (Å²) in [5, 5.41) is -0.381. The average molecular weight is 374 g/mol. The molecule has 0 bridgehead atoms. The number of carbonyl (C=O) groups is 1. The van der Waals surface area contributed by atoms with Crippen LogP contribution in [0.3, 0.4) is 0 Å². The van der Waals surface area contributed by atoms with Crippen molar-refractivity contribution in [1.82, 2.24) is 4.90 Å². The maximum Gasteiger partial charge on any atom is 0.227 e. The van der Waals surface area contributed by atoms with Crippen LogP contribution in [0.1, 0.15) is 19.4 Å². The number of halogens is 1. The summed E-state index contributed by atoms with van der Waals surface area (Å²) in [6.45, 7) is 4.47. The van der Waals surface area contributed by atoms with E-state index in [-0.39, 0.29) is 22.8 Å². The van der Waals surface area contributed by atoms with Crippen molar-refractivity contribution >= 4 is 31.7 Å². The molecular formula is C15H20BrNO3S. The van der Waals surface area contributed by atoms with Crippen LogP contribution < -0.4 is 0 Å². The molecule has 1 aromatic carbocycles. The SMILES string of the molecule is CC(C)CS(=O)(=O)C1CN(C(=O)Cc2ccc(Br)cc2)C1. The van der Waals surface area contributed by atoms with E-state index >= 15 is 0 Å². The second kappa shape index (κ2) is 6.48. The first-order chi connectivity index (χ1) is 9.78. The fourth-order valence-electron chi connectivity index (χ4n) is 2.36. The minimum absolute atomic E-state index is 0.00619. The number of hydrogen-bond donors (Lipinski definition) is 0. The van der Waals surface area contributed by atoms with Crippen molar-refractivity contribution < 1.29 is 13.2 Å². The fourth-order valence-corrected chi connectivity index (χ4v) is 4.64. The number of amides is 1. The summed E-state index contributed by atoms with van der Waals surface area (Å²) in [6.07, 6.45) is 0.324. The smallest absolute Gasteiger partial charge is 0.227 e. The lowest BCUT2D eigenvalue weighted by atomic mass is 10.1. The highest BCUT2D eigenvalue weighted by atomic mass is 79.9. The first kappa shape index (κ1) is 16.5. The standard InChI is InChI=1S/C15H20BrNO3S/c1-11(2)10-21(19,20)14-8-17(9-14)15(18)7-12-3-5-13(16)6-4-12/h3-6,11,14H,7-10H2,1-2H3. The third-order valence-corrected chi connectivity index (χ3v) is 6.52. The van der Waals surface area contributed by atoms with E-state index in [1.807, 2.05) is 38.1 Å². The van der Waals surface area contributed by atoms with E-state index in [4.69, 9.17) is 0 Å². The van der Waals surface area contributed by atoms with Crippen LogP contribution in [-0.2, 0) is 21.1 Å². The summed E-state index contributed by atoms with van der Waals surface area (Å²) in [7, 11) is -3.07. The molecule has 116 valence electrons. The number of sulfone groups is 1. The lowest BCUT2D eigenvalue weighted by Crippen LogP contribution is -2.58. The van der Waals surface area contributed by atoms with Gasteiger partial charge in [0.2, 0.25) is 5.91 Å². The van der Waals surface area contributed by atoms with Crippen LogP contribution in [-0.4, -0.2) is 43.3 Å². The van der Waals surface area contributed by atoms with E-state index in [0.29, 0.717) is 19.5 Å². The van der Waals surface area contributed by atoms with E-state index in [1.165, 1.54) is 0 Å². The van der Waals surface area contributed by atoms with Gasteiger partial charge in [0.1, 0.15) is 0 Å². The molecule has 0 spiro atoms. The average Bonchev–Trinajstić information content (AvgIpc) is 2.27. The van der Waals surface area contributed by atoms with E-state index in [1.54, 1.807) is 4.90 Å². The summed E-state index contributed by atoms with van der Waals surface area (Å²) in [6, 6.07) is 7.59. The Kier molecular flexibility index (Phi) is 5.09. The predicted molar refractivity (Wildman–Crippen MR) is 86.8 cm³/mol. The zero-order chi connectivity index (χ0) is 15.6. The van der Waals surface area contributed by atoms with Gasteiger partial charge in [0.15, 0.2) is 9.84 Å². The van der Waals surface area contributed by atoms with Crippen molar-refractivity contribution in [3.8, 4) is 0 Å². The van der Waals surface area contributed by atoms with Gasteiger partial charge < -0.3 is 4.90 Å². The summed E-state index contributed by atoms with van der Waals surface area (Å²) in [5.74, 6) is 0.322. The molecule has 1 aliphatic rings. The first-order valence-corrected chi connectivity index (χ1v) is 9.52. The van der Waals surface area contributed by atoms with Gasteiger partial charge in [-0.3, -0.25) is 4.79 Å². The third-order valence-electron chi connectivity index (χ3n) is 3.54. The molecule has 2 rings (SSSR count). The monoisotopic (exact) mass is 373 g/mol. The molecule has 1 heterocycles. The minimum Gasteiger partial charge on any atom is -0.340 e. The van der Waals surface area contributed by atoms with Gasteiger partial charge in [-0.05, 0) is 23.6 Å². The lowest BCUT2D eigenvalue weighted by Gasteiger charge is -2.39. The number of rotatable bonds is 5. The Morgan fingerprint density at radius 3 is 2.38 bits per heavy atom. The Balaban J connectivity index is 1.86. The molecule has 0 N–H and O–H groups in total. The van der Waals surface area contributed by atoms with E-state index in [2.05, 4.69) is 15.9 Å². The quantitative estimate of drug-likeness (QED) is 0.795. The van der Waals surface area contributed by atoms with E-state index < -0.39 is 9.84 Å². The molecule has 0 saturated carbocycles. The molecule has 4 nitrogen and oxygen atoms in total. The molecule has 0 aromatic heterocycles. The van der Waals surface area contributed by atoms with Gasteiger partial charge in [0.25, 0.3) is 0 Å². The minimum atomic E-state index is -3.07. The second-order valence-electron chi connectivity index (χ2n) is 5.95. The Labute approximate surface area is 134 Å². The molecular weight excluding hydrogens is 354 g/mol. The van der Waals surface area contributed by atoms with Gasteiger partial charge in [0.05, 0.1) is 17.4 Å². The zero-order valence-electron chi connectivity index (χ0n) is 12.3. The van der Waals surface area contributed by atoms with Crippen LogP contribution in [0, 0.1) is 5.92 Å². The van der Waals surface area contributed by atoms with E-state index in [0.717, 1.165) is 10.0 Å². The molecule has 0 aliphatic carbocycles. The van der Waals surface area contributed by atoms with Crippen molar-refractivity contribution in [3.63, 3.8) is 0 Å². The Bertz CT molecular complexity index is 604. The number of nitrogens with zero attached hydrogens (tertiary/aromatic N) is 1. The van der Waals surface area contributed by atoms with E-state index in [9.17, 15) is 13.2 Å². The van der Waals surface area contributed by atoms with Gasteiger partial charge >= 0.3 is 0 Å². The van der Waals surface area contributed by atoms with Gasteiger partial charge in [-0.1, -0.05) is 41.9 Å². The van der Waals surface area contributed by atoms with Crippen molar-refractivity contribution in [3.05, 3.63) is 34.3 Å². The Hall–Kier alpha value is -0.880. The third kappa shape index (κ3) is 4.30. The zero-order valence-corrected chi connectivity index (χ0v) is 14.7. The van der Waals surface area contributed by atoms with Crippen LogP contribution >= 0.6 is 15.9 Å². The highest BCUT2D eigenvalue weighted by molar-refractivity contribution is 9.10. The van der Waals surface area contributed by atoms with Crippen LogP contribution in [0.25, 0.3) is 0 Å². The summed E-state index contributed by atoms with van der Waals surface area (Å²) >= 11 is 3.35. The molecule has 1 saturated heterocycles. The number of likely N-dealkylation sites (tertiary alicyclic amines) is 1. The number of carbonyl (C=O) groups excluding carboxylic acids is 1. The molecule has 0 radical (unpaired) electrons. The van der Waals surface area contributed by atoms with Crippen molar-refractivity contribution in [2.24, 2.45) is 5.92 Å². The van der Waals surface area contributed by atoms with Gasteiger partial charge in [-0.25, -0.2) is 8.42 Å². The molecule has 0 unspecified atom stereocenters. The van der Waals surface area contributed by atoms with Gasteiger partial charge in [-0.2, -0.15) is 0 Å². The van der Waals surface area contributed by atoms with Crippen LogP contribution in [0.4, 0.5) is 0 Å². The molecule has 1 aromatic rings. The van der Waals surface area contributed by atoms with Crippen LogP contribution in [0.5, 0.6) is 0 Å². The number of hydrogen-bond acceptors (Lipinski definition) is 3. The topological polar surface area (TPSA) is 54.5 Å². The summed E-state index contributed by atoms with van der Waals surface area (Å²) in [4.78, 5) is 13.7. The summed E-state index contributed by atoms with van der Waals surface area (Å²) < 4.78 is 25.1. The molecule has 1 amide bonds. The predicted octanol–water partition coefficient (Wildman–Crippen LogP) is 2.27. The maximum atomic E-state index is 12.1. The largest absolute Gasteiger partial charge is 0.340 e. The van der Waals surface area contributed by atoms with Gasteiger partial charge in [-0.15, -0.1) is 0 Å². The second-order valence-corrected chi connectivity index (χ2v) is 9.19. The first-order valence-electron chi connectivity index (χ1n) is 7.01. The van der Waals surface area contributed by atoms with Crippen molar-refractivity contribution in [1.29, 1.82) is 0 Å². The molecule has 21 heavy (non-hydrogen) atoms. The Morgan fingerprint density at radius 1 is 1.29 bits per heavy atom. The maximum absolute atomic E-state index is 12.1. The normalized spacial score (nSPS) is 16.1. The molecule has 1 fully saturated rings. The summed E-state index contributed by atoms with van der Waals surface area (Å²) in [5.41, 5.74) is 0.941. The van der Waals surface area contributed by atoms with Crippen molar-refractivity contribution in [2.45, 2.75) is 25.5 Å². The number of benzene rings is 1. The fraction of sp³-hybridized carbons (Fsp3) is 0.533. The van der Waals surface area contributed by atoms with Gasteiger partial charge in [0, 0.05) is 17.6 Å². The Morgan fingerprint density at radius 2 is 1.86 bits per heavy atom. The highest BCUT2D eigenvalue weighted by Crippen LogP contribution is 2.20. The highest BCUT2D eigenvalue weighted by Gasteiger charge is 2.39.